The van der Waals surface area contributed by atoms with Crippen LogP contribution in [0.4, 0.5) is 0 Å². The van der Waals surface area contributed by atoms with E-state index >= 15 is 0 Å². The number of nitrogens with two attached hydrogens (primary N) is 1. The lowest BCUT2D eigenvalue weighted by molar-refractivity contribution is 0.534. The minimum Gasteiger partial charge on any atom is -0.330 e. The Kier molecular flexibility index (Phi) is 3.15. The molecule has 19 heavy (non-hydrogen) atoms. The second kappa shape index (κ2) is 4.82. The van der Waals surface area contributed by atoms with Gasteiger partial charge in [-0.15, -0.1) is 0 Å². The number of benzene rings is 1. The lowest BCUT2D eigenvalue weighted by Crippen LogP contribution is -2.21. The minimum absolute atomic E-state index is 0.450. The molecule has 0 radical (unpaired) electrons. The molecule has 0 spiro atoms. The van der Waals surface area contributed by atoms with Crippen molar-refractivity contribution in [1.29, 1.82) is 0 Å². The maximum absolute atomic E-state index is 5.96. The molecule has 0 amide bonds. The van der Waals surface area contributed by atoms with Crippen molar-refractivity contribution in [3.05, 3.63) is 46.8 Å². The molecule has 1 aliphatic rings. The molecule has 0 aliphatic heterocycles. The molecule has 3 rings (SSSR count). The van der Waals surface area contributed by atoms with Gasteiger partial charge in [-0.1, -0.05) is 17.7 Å². The molecule has 2 aromatic rings. The lowest BCUT2D eigenvalue weighted by atomic mass is 9.86. The highest BCUT2D eigenvalue weighted by atomic mass is 15.3. The number of aryl methyl sites for hydroxylation is 2. The summed E-state index contributed by atoms with van der Waals surface area (Å²) in [6.07, 6.45) is 3.55. The maximum atomic E-state index is 5.96. The van der Waals surface area contributed by atoms with E-state index in [1.54, 1.807) is 0 Å². The summed E-state index contributed by atoms with van der Waals surface area (Å²) in [6.45, 7) is 4.93. The number of nitrogens with zero attached hydrogens (tertiary/aromatic N) is 2. The van der Waals surface area contributed by atoms with Crippen LogP contribution in [0.3, 0.4) is 0 Å². The molecule has 1 aromatic carbocycles. The van der Waals surface area contributed by atoms with Crippen LogP contribution < -0.4 is 5.73 Å². The van der Waals surface area contributed by atoms with E-state index in [9.17, 15) is 0 Å². The first-order valence-electron chi connectivity index (χ1n) is 7.06. The predicted octanol–water partition coefficient (Wildman–Crippen LogP) is 2.87. The normalized spacial score (nSPS) is 18.4. The highest BCUT2D eigenvalue weighted by Gasteiger charge is 2.26. The monoisotopic (exact) mass is 255 g/mol. The van der Waals surface area contributed by atoms with Gasteiger partial charge in [0.15, 0.2) is 0 Å². The zero-order valence-corrected chi connectivity index (χ0v) is 11.7. The van der Waals surface area contributed by atoms with Gasteiger partial charge >= 0.3 is 0 Å². The molecule has 2 N–H and O–H groups in total. The second-order valence-electron chi connectivity index (χ2n) is 5.52. The van der Waals surface area contributed by atoms with Crippen molar-refractivity contribution in [2.45, 2.75) is 39.0 Å². The van der Waals surface area contributed by atoms with Gasteiger partial charge in [0.05, 0.1) is 17.1 Å². The highest BCUT2D eigenvalue weighted by Crippen LogP contribution is 2.34. The number of hydrogen-bond donors (Lipinski definition) is 1. The van der Waals surface area contributed by atoms with Crippen molar-refractivity contribution in [2.24, 2.45) is 5.73 Å². The van der Waals surface area contributed by atoms with E-state index in [0.717, 1.165) is 17.8 Å². The third kappa shape index (κ3) is 2.08. The van der Waals surface area contributed by atoms with Crippen LogP contribution in [0.25, 0.3) is 5.69 Å². The first-order valence-corrected chi connectivity index (χ1v) is 7.06. The Morgan fingerprint density at radius 2 is 2.00 bits per heavy atom. The molecular weight excluding hydrogens is 234 g/mol. The van der Waals surface area contributed by atoms with Crippen molar-refractivity contribution in [1.82, 2.24) is 9.78 Å². The molecule has 1 aromatic heterocycles. The average molecular weight is 255 g/mol. The molecule has 1 aliphatic carbocycles. The van der Waals surface area contributed by atoms with Gasteiger partial charge in [0, 0.05) is 12.5 Å². The smallest absolute Gasteiger partial charge is 0.0649 e. The molecule has 100 valence electrons. The van der Waals surface area contributed by atoms with Crippen molar-refractivity contribution < 1.29 is 0 Å². The molecule has 0 fully saturated rings. The van der Waals surface area contributed by atoms with E-state index in [0.29, 0.717) is 12.5 Å². The first kappa shape index (κ1) is 12.4. The summed E-state index contributed by atoms with van der Waals surface area (Å²) in [5.74, 6) is 0.450. The van der Waals surface area contributed by atoms with Gasteiger partial charge in [0.2, 0.25) is 0 Å². The Balaban J connectivity index is 2.14. The van der Waals surface area contributed by atoms with Gasteiger partial charge in [-0.05, 0) is 50.8 Å². The number of aromatic nitrogens is 2. The van der Waals surface area contributed by atoms with Gasteiger partial charge in [-0.2, -0.15) is 5.10 Å². The number of fused-ring (bicyclic) bond motifs is 1. The second-order valence-corrected chi connectivity index (χ2v) is 5.52. The molecule has 1 heterocycles. The van der Waals surface area contributed by atoms with Crippen LogP contribution in [-0.4, -0.2) is 16.3 Å². The zero-order chi connectivity index (χ0) is 13.4. The Bertz CT molecular complexity index is 581. The van der Waals surface area contributed by atoms with Crippen LogP contribution in [0, 0.1) is 13.8 Å². The van der Waals surface area contributed by atoms with Gasteiger partial charge < -0.3 is 5.73 Å². The van der Waals surface area contributed by atoms with Gasteiger partial charge in [-0.25, -0.2) is 4.68 Å². The fourth-order valence-corrected chi connectivity index (χ4v) is 3.08. The van der Waals surface area contributed by atoms with Crippen LogP contribution in [0.5, 0.6) is 0 Å². The third-order valence-electron chi connectivity index (χ3n) is 4.15. The van der Waals surface area contributed by atoms with Crippen LogP contribution in [-0.2, 0) is 6.42 Å². The summed E-state index contributed by atoms with van der Waals surface area (Å²) < 4.78 is 2.11. The summed E-state index contributed by atoms with van der Waals surface area (Å²) in [6, 6.07) is 8.56. The fraction of sp³-hybridized carbons (Fsp3) is 0.438. The SMILES string of the molecule is Cc1ccc(-n2nc(C)c3c2C(CN)CCC3)cc1. The number of hydrogen-bond acceptors (Lipinski definition) is 2. The Morgan fingerprint density at radius 1 is 1.26 bits per heavy atom. The van der Waals surface area contributed by atoms with E-state index in [4.69, 9.17) is 10.8 Å². The van der Waals surface area contributed by atoms with E-state index in [1.165, 1.54) is 29.7 Å². The number of rotatable bonds is 2. The van der Waals surface area contributed by atoms with Crippen molar-refractivity contribution in [3.8, 4) is 5.69 Å². The summed E-state index contributed by atoms with van der Waals surface area (Å²) in [4.78, 5) is 0. The molecule has 0 saturated carbocycles. The summed E-state index contributed by atoms with van der Waals surface area (Å²) in [5, 5.41) is 4.75. The fourth-order valence-electron chi connectivity index (χ4n) is 3.08. The van der Waals surface area contributed by atoms with Crippen LogP contribution >= 0.6 is 0 Å². The third-order valence-corrected chi connectivity index (χ3v) is 4.15. The zero-order valence-electron chi connectivity index (χ0n) is 11.7. The highest BCUT2D eigenvalue weighted by molar-refractivity contribution is 5.41. The quantitative estimate of drug-likeness (QED) is 0.896. The van der Waals surface area contributed by atoms with E-state index in [-0.39, 0.29) is 0 Å². The largest absolute Gasteiger partial charge is 0.330 e. The van der Waals surface area contributed by atoms with Crippen molar-refractivity contribution in [3.63, 3.8) is 0 Å². The molecule has 0 bridgehead atoms. The van der Waals surface area contributed by atoms with Gasteiger partial charge in [0.1, 0.15) is 0 Å². The minimum atomic E-state index is 0.450. The Labute approximate surface area is 114 Å². The standard InChI is InChI=1S/C16H21N3/c1-11-6-8-14(9-7-11)19-16-13(10-17)4-3-5-15(16)12(2)18-19/h6-9,13H,3-5,10,17H2,1-2H3. The Morgan fingerprint density at radius 3 is 2.68 bits per heavy atom. The molecule has 0 saturated heterocycles. The topological polar surface area (TPSA) is 43.8 Å². The summed E-state index contributed by atoms with van der Waals surface area (Å²) in [7, 11) is 0. The van der Waals surface area contributed by atoms with Crippen LogP contribution in [0.2, 0.25) is 0 Å². The lowest BCUT2D eigenvalue weighted by Gasteiger charge is -2.23. The van der Waals surface area contributed by atoms with E-state index < -0.39 is 0 Å². The average Bonchev–Trinajstić information content (AvgIpc) is 2.77. The van der Waals surface area contributed by atoms with Crippen molar-refractivity contribution in [2.75, 3.05) is 6.54 Å². The van der Waals surface area contributed by atoms with E-state index in [1.807, 2.05) is 0 Å². The molecular formula is C16H21N3. The first-order chi connectivity index (χ1) is 9.20. The van der Waals surface area contributed by atoms with Crippen LogP contribution in [0.1, 0.15) is 41.3 Å². The van der Waals surface area contributed by atoms with Gasteiger partial charge in [-0.3, -0.25) is 0 Å². The molecule has 3 nitrogen and oxygen atoms in total. The molecule has 3 heteroatoms. The predicted molar refractivity (Wildman–Crippen MR) is 77.8 cm³/mol. The van der Waals surface area contributed by atoms with Crippen LogP contribution in [0.15, 0.2) is 24.3 Å². The summed E-state index contributed by atoms with van der Waals surface area (Å²) in [5.41, 5.74) is 12.3. The van der Waals surface area contributed by atoms with E-state index in [2.05, 4.69) is 42.8 Å². The maximum Gasteiger partial charge on any atom is 0.0649 e. The van der Waals surface area contributed by atoms with Crippen molar-refractivity contribution >= 4 is 0 Å². The summed E-state index contributed by atoms with van der Waals surface area (Å²) >= 11 is 0. The molecule has 1 unspecified atom stereocenters. The Hall–Kier alpha value is -1.61. The van der Waals surface area contributed by atoms with Gasteiger partial charge in [0.25, 0.3) is 0 Å². The molecule has 1 atom stereocenters.